The van der Waals surface area contributed by atoms with Gasteiger partial charge in [0.15, 0.2) is 52.3 Å². The summed E-state index contributed by atoms with van der Waals surface area (Å²) in [5, 5.41) is 157. The molecular weight excluding hydrogens is 756 g/mol. The molecule has 15 N–H and O–H groups in total. The lowest BCUT2D eigenvalue weighted by atomic mass is 9.83. The van der Waals surface area contributed by atoms with Crippen LogP contribution in [0.15, 0.2) is 83.1 Å². The summed E-state index contributed by atoms with van der Waals surface area (Å²) in [4.78, 5) is 0. The first-order valence-electron chi connectivity index (χ1n) is 17.2. The minimum Gasteiger partial charge on any atom is -0.508 e. The number of hydrogen-bond donors (Lipinski definition) is 15. The average Bonchev–Trinajstić information content (AvgIpc) is 3.14. The van der Waals surface area contributed by atoms with Crippen molar-refractivity contribution in [2.24, 2.45) is 5.92 Å². The molecule has 304 valence electrons. The second kappa shape index (κ2) is 15.1. The molecule has 0 saturated heterocycles. The number of phenols is 7. The molecule has 0 amide bonds. The number of aliphatic hydroxyl groups excluding tert-OH is 8. The van der Waals surface area contributed by atoms with Crippen LogP contribution in [0.4, 0.5) is 0 Å². The smallest absolute Gasteiger partial charge is 0.200 e. The number of ether oxygens (including phenoxy) is 3. The van der Waals surface area contributed by atoms with Crippen LogP contribution in [0, 0.1) is 5.92 Å². The Balaban J connectivity index is 1.42. The molecule has 6 rings (SSSR count). The molecule has 6 atom stereocenters. The number of phenolic OH excluding ortho intramolecular Hbond substituents is 7. The molecule has 2 aliphatic heterocycles. The standard InChI is InChI=1S/C39H40O18/c1-13(3-25(45)32(51)14(2)40)35-30(50)9-19-23(43)11-21(41)17(37(19)56-35)8-18-22(42)12-24(44)20-10-31(55-39(54)16-6-28(48)34(53)29(49)7-16)36(57-38(18)20)15-4-26(46)33(52)27(47)5-15/h3-4,6-7,11-12,15,30-31,35-36,39-54H,2,5,8-10H2,1H3/b13-3+,32-25-/t15?,30-,31-,35-,36-,39?/m1/s1. The van der Waals surface area contributed by atoms with E-state index in [0.29, 0.717) is 0 Å². The summed E-state index contributed by atoms with van der Waals surface area (Å²) in [5.41, 5.74) is -0.152. The zero-order chi connectivity index (χ0) is 41.8. The Hall–Kier alpha value is -6.76. The van der Waals surface area contributed by atoms with Crippen molar-refractivity contribution in [2.45, 2.75) is 63.3 Å². The van der Waals surface area contributed by atoms with E-state index in [1.54, 1.807) is 0 Å². The Labute approximate surface area is 322 Å². The second-order valence-corrected chi connectivity index (χ2v) is 13.9. The van der Waals surface area contributed by atoms with E-state index >= 15 is 0 Å². The van der Waals surface area contributed by atoms with Gasteiger partial charge in [-0.2, -0.15) is 0 Å². The molecule has 0 bridgehead atoms. The zero-order valence-corrected chi connectivity index (χ0v) is 29.9. The Morgan fingerprint density at radius 3 is 1.91 bits per heavy atom. The highest BCUT2D eigenvalue weighted by atomic mass is 16.6. The second-order valence-electron chi connectivity index (χ2n) is 13.9. The van der Waals surface area contributed by atoms with Gasteiger partial charge in [0.2, 0.25) is 0 Å². The fourth-order valence-electron chi connectivity index (χ4n) is 7.12. The summed E-state index contributed by atoms with van der Waals surface area (Å²) < 4.78 is 18.4. The third kappa shape index (κ3) is 7.48. The number of aliphatic hydroxyl groups is 8. The summed E-state index contributed by atoms with van der Waals surface area (Å²) in [6.45, 7) is 4.55. The number of benzene rings is 3. The van der Waals surface area contributed by atoms with Crippen LogP contribution in [-0.4, -0.2) is 101 Å². The first-order valence-corrected chi connectivity index (χ1v) is 17.2. The Bertz CT molecular complexity index is 2250. The monoisotopic (exact) mass is 796 g/mol. The van der Waals surface area contributed by atoms with Gasteiger partial charge >= 0.3 is 0 Å². The predicted octanol–water partition coefficient (Wildman–Crippen LogP) is 4.40. The number of fused-ring (bicyclic) bond motifs is 2. The van der Waals surface area contributed by atoms with Crippen LogP contribution >= 0.6 is 0 Å². The van der Waals surface area contributed by atoms with Crippen LogP contribution in [0.3, 0.4) is 0 Å². The topological polar surface area (TPSA) is 331 Å². The molecule has 2 heterocycles. The molecule has 0 aromatic heterocycles. The molecule has 3 aliphatic rings. The van der Waals surface area contributed by atoms with Crippen molar-refractivity contribution in [2.75, 3.05) is 0 Å². The summed E-state index contributed by atoms with van der Waals surface area (Å²) in [7, 11) is 0. The third-order valence-electron chi connectivity index (χ3n) is 10.0. The Morgan fingerprint density at radius 2 is 1.35 bits per heavy atom. The van der Waals surface area contributed by atoms with Gasteiger partial charge in [0.05, 0.1) is 6.10 Å². The maximum atomic E-state index is 11.3. The first-order chi connectivity index (χ1) is 26.8. The van der Waals surface area contributed by atoms with Crippen molar-refractivity contribution in [3.05, 3.63) is 111 Å². The van der Waals surface area contributed by atoms with Crippen LogP contribution < -0.4 is 9.47 Å². The SMILES string of the molecule is C=C(O)/C(O)=C(O)\C=C(/C)[C@H]1Oc2c(Cc3c(O)cc(O)c4c3O[C@H](C3C=C(O)C(O)=C(O)C3)[C@H](OC(O)c3cc(O)c(O)c(O)c3)C4)c(O)cc(O)c2C[C@H]1O. The van der Waals surface area contributed by atoms with Crippen molar-refractivity contribution in [1.82, 2.24) is 0 Å². The average molecular weight is 797 g/mol. The predicted molar refractivity (Wildman–Crippen MR) is 195 cm³/mol. The van der Waals surface area contributed by atoms with E-state index in [9.17, 15) is 76.6 Å². The largest absolute Gasteiger partial charge is 0.508 e. The van der Waals surface area contributed by atoms with Gasteiger partial charge in [-0.05, 0) is 36.8 Å². The van der Waals surface area contributed by atoms with Gasteiger partial charge in [-0.25, -0.2) is 0 Å². The van der Waals surface area contributed by atoms with Crippen LogP contribution in [0.25, 0.3) is 0 Å². The molecule has 3 aromatic carbocycles. The number of allylic oxidation sites excluding steroid dienone is 2. The lowest BCUT2D eigenvalue weighted by Gasteiger charge is -2.40. The van der Waals surface area contributed by atoms with Gasteiger partial charge < -0.3 is 90.8 Å². The first kappa shape index (κ1) is 39.9. The van der Waals surface area contributed by atoms with E-state index in [-0.39, 0.29) is 64.2 Å². The van der Waals surface area contributed by atoms with Gasteiger partial charge in [0.25, 0.3) is 0 Å². The van der Waals surface area contributed by atoms with E-state index in [1.165, 1.54) is 6.92 Å². The zero-order valence-electron chi connectivity index (χ0n) is 29.9. The number of hydrogen-bond acceptors (Lipinski definition) is 18. The highest BCUT2D eigenvalue weighted by Crippen LogP contribution is 2.50. The molecular formula is C39H40O18. The van der Waals surface area contributed by atoms with Crippen molar-refractivity contribution in [3.8, 4) is 51.7 Å². The molecule has 2 unspecified atom stereocenters. The highest BCUT2D eigenvalue weighted by Gasteiger charge is 2.43. The van der Waals surface area contributed by atoms with E-state index in [1.807, 2.05) is 0 Å². The summed E-state index contributed by atoms with van der Waals surface area (Å²) >= 11 is 0. The van der Waals surface area contributed by atoms with Gasteiger partial charge in [0, 0.05) is 71.6 Å². The van der Waals surface area contributed by atoms with Gasteiger partial charge in [-0.15, -0.1) is 0 Å². The van der Waals surface area contributed by atoms with Gasteiger partial charge in [-0.1, -0.05) is 6.58 Å². The number of rotatable bonds is 9. The minimum atomic E-state index is -1.92. The molecule has 18 nitrogen and oxygen atoms in total. The lowest BCUT2D eigenvalue weighted by molar-refractivity contribution is -0.174. The normalized spacial score (nSPS) is 23.0. The molecule has 57 heavy (non-hydrogen) atoms. The summed E-state index contributed by atoms with van der Waals surface area (Å²) in [6, 6.07) is 3.80. The van der Waals surface area contributed by atoms with Crippen LogP contribution in [0.2, 0.25) is 0 Å². The number of aromatic hydroxyl groups is 7. The van der Waals surface area contributed by atoms with Crippen LogP contribution in [-0.2, 0) is 24.0 Å². The van der Waals surface area contributed by atoms with E-state index < -0.39 is 118 Å². The van der Waals surface area contributed by atoms with Crippen molar-refractivity contribution in [3.63, 3.8) is 0 Å². The highest BCUT2D eigenvalue weighted by molar-refractivity contribution is 5.64. The van der Waals surface area contributed by atoms with Crippen molar-refractivity contribution in [1.29, 1.82) is 0 Å². The Morgan fingerprint density at radius 1 is 0.789 bits per heavy atom. The molecule has 3 aromatic rings. The minimum absolute atomic E-state index is 0.00643. The summed E-state index contributed by atoms with van der Waals surface area (Å²) in [6.07, 6.45) is -6.26. The molecule has 0 saturated carbocycles. The van der Waals surface area contributed by atoms with Crippen molar-refractivity contribution < 1.29 is 90.8 Å². The third-order valence-corrected chi connectivity index (χ3v) is 10.0. The van der Waals surface area contributed by atoms with E-state index in [2.05, 4.69) is 6.58 Å². The van der Waals surface area contributed by atoms with Crippen LogP contribution in [0.5, 0.6) is 51.7 Å². The quantitative estimate of drug-likeness (QED) is 0.0617. The van der Waals surface area contributed by atoms with Gasteiger partial charge in [-0.3, -0.25) is 0 Å². The molecule has 0 radical (unpaired) electrons. The van der Waals surface area contributed by atoms with E-state index in [0.717, 1.165) is 36.4 Å². The molecule has 18 heteroatoms. The summed E-state index contributed by atoms with van der Waals surface area (Å²) in [5.74, 6) is -10.5. The molecule has 0 spiro atoms. The van der Waals surface area contributed by atoms with E-state index in [4.69, 9.17) is 14.2 Å². The fourth-order valence-corrected chi connectivity index (χ4v) is 7.12. The molecule has 0 fully saturated rings. The fraction of sp³-hybridized carbons (Fsp3) is 0.282. The maximum Gasteiger partial charge on any atom is 0.200 e. The van der Waals surface area contributed by atoms with Gasteiger partial charge in [0.1, 0.15) is 58.6 Å². The Kier molecular flexibility index (Phi) is 10.5. The maximum absolute atomic E-state index is 11.3. The van der Waals surface area contributed by atoms with Crippen molar-refractivity contribution >= 4 is 0 Å². The molecule has 1 aliphatic carbocycles. The van der Waals surface area contributed by atoms with Crippen LogP contribution in [0.1, 0.15) is 47.5 Å². The lowest BCUT2D eigenvalue weighted by Crippen LogP contribution is -2.45.